The van der Waals surface area contributed by atoms with E-state index in [-0.39, 0.29) is 16.7 Å². The lowest BCUT2D eigenvalue weighted by atomic mass is 10.1. The van der Waals surface area contributed by atoms with Crippen LogP contribution >= 0.6 is 0 Å². The Hall–Kier alpha value is -2.96. The number of benzene rings is 2. The average molecular weight is 362 g/mol. The van der Waals surface area contributed by atoms with Crippen LogP contribution in [-0.4, -0.2) is 26.3 Å². The van der Waals surface area contributed by atoms with Crippen molar-refractivity contribution in [1.82, 2.24) is 4.98 Å². The first kappa shape index (κ1) is 17.8. The Bertz CT molecular complexity index is 942. The fourth-order valence-electron chi connectivity index (χ4n) is 2.73. The van der Waals surface area contributed by atoms with Crippen molar-refractivity contribution in [1.29, 1.82) is 0 Å². The fraction of sp³-hybridized carbons (Fsp3) is 0.211. The van der Waals surface area contributed by atoms with Gasteiger partial charge in [0.25, 0.3) is 0 Å². The van der Waals surface area contributed by atoms with E-state index in [9.17, 15) is 13.2 Å². The highest BCUT2D eigenvalue weighted by atomic mass is 19.4. The minimum Gasteiger partial charge on any atom is -0.493 e. The summed E-state index contributed by atoms with van der Waals surface area (Å²) in [6, 6.07) is 12.4. The van der Waals surface area contributed by atoms with Gasteiger partial charge in [0, 0.05) is 24.2 Å². The monoisotopic (exact) mass is 362 g/mol. The highest BCUT2D eigenvalue weighted by molar-refractivity contribution is 5.85. The fourth-order valence-corrected chi connectivity index (χ4v) is 2.73. The second kappa shape index (κ2) is 6.74. The third-order valence-electron chi connectivity index (χ3n) is 4.11. The summed E-state index contributed by atoms with van der Waals surface area (Å²) in [5.74, 6) is 1.20. The van der Waals surface area contributed by atoms with Crippen molar-refractivity contribution in [3.63, 3.8) is 0 Å². The van der Waals surface area contributed by atoms with Gasteiger partial charge in [-0.3, -0.25) is 0 Å². The quantitative estimate of drug-likeness (QED) is 0.651. The third kappa shape index (κ3) is 3.24. The molecule has 0 atom stereocenters. The van der Waals surface area contributed by atoms with Gasteiger partial charge in [-0.1, -0.05) is 18.2 Å². The number of halogens is 3. The molecule has 3 aromatic rings. The van der Waals surface area contributed by atoms with E-state index < -0.39 is 11.7 Å². The Balaban J connectivity index is 2.13. The van der Waals surface area contributed by atoms with Crippen molar-refractivity contribution in [2.75, 3.05) is 26.2 Å². The number of hydrogen-bond donors (Lipinski definition) is 0. The molecular formula is C19H17F3N2O2. The van der Waals surface area contributed by atoms with Crippen LogP contribution in [0, 0.1) is 0 Å². The zero-order valence-electron chi connectivity index (χ0n) is 14.5. The average Bonchev–Trinajstić information content (AvgIpc) is 2.65. The Morgan fingerprint density at radius 1 is 0.923 bits per heavy atom. The number of anilines is 2. The first-order chi connectivity index (χ1) is 12.3. The first-order valence-electron chi connectivity index (χ1n) is 7.78. The SMILES string of the molecule is COc1ccc(N(C)c2cc(C(F)(F)F)c3ccccc3n2)cc1OC. The Morgan fingerprint density at radius 3 is 2.27 bits per heavy atom. The van der Waals surface area contributed by atoms with E-state index in [0.717, 1.165) is 6.07 Å². The van der Waals surface area contributed by atoms with E-state index in [2.05, 4.69) is 4.98 Å². The summed E-state index contributed by atoms with van der Waals surface area (Å²) in [6.45, 7) is 0. The topological polar surface area (TPSA) is 34.6 Å². The minimum atomic E-state index is -4.48. The number of ether oxygens (including phenoxy) is 2. The van der Waals surface area contributed by atoms with Crippen LogP contribution in [0.4, 0.5) is 24.7 Å². The van der Waals surface area contributed by atoms with Gasteiger partial charge < -0.3 is 14.4 Å². The van der Waals surface area contributed by atoms with Crippen LogP contribution in [0.1, 0.15) is 5.56 Å². The smallest absolute Gasteiger partial charge is 0.417 e. The van der Waals surface area contributed by atoms with Crippen LogP contribution in [0.5, 0.6) is 11.5 Å². The number of rotatable bonds is 4. The van der Waals surface area contributed by atoms with Gasteiger partial charge in [0.05, 0.1) is 25.3 Å². The highest BCUT2D eigenvalue weighted by Crippen LogP contribution is 2.38. The van der Waals surface area contributed by atoms with Crippen LogP contribution in [0.15, 0.2) is 48.5 Å². The first-order valence-corrected chi connectivity index (χ1v) is 7.78. The number of nitrogens with zero attached hydrogens (tertiary/aromatic N) is 2. The van der Waals surface area contributed by atoms with Gasteiger partial charge in [-0.15, -0.1) is 0 Å². The Labute approximate surface area is 148 Å². The van der Waals surface area contributed by atoms with Crippen LogP contribution in [-0.2, 0) is 6.18 Å². The molecule has 0 spiro atoms. The summed E-state index contributed by atoms with van der Waals surface area (Å²) in [6.07, 6.45) is -4.48. The number of hydrogen-bond acceptors (Lipinski definition) is 4. The molecule has 0 saturated heterocycles. The normalized spacial score (nSPS) is 11.5. The summed E-state index contributed by atoms with van der Waals surface area (Å²) in [4.78, 5) is 5.95. The van der Waals surface area contributed by atoms with E-state index in [4.69, 9.17) is 9.47 Å². The summed E-state index contributed by atoms with van der Waals surface area (Å²) in [5.41, 5.74) is 0.189. The number of fused-ring (bicyclic) bond motifs is 1. The van der Waals surface area contributed by atoms with Crippen molar-refractivity contribution in [3.8, 4) is 11.5 Å². The number of methoxy groups -OCH3 is 2. The molecule has 0 saturated carbocycles. The van der Waals surface area contributed by atoms with Crippen LogP contribution in [0.25, 0.3) is 10.9 Å². The van der Waals surface area contributed by atoms with Crippen molar-refractivity contribution in [2.45, 2.75) is 6.18 Å². The van der Waals surface area contributed by atoms with Gasteiger partial charge in [0.2, 0.25) is 0 Å². The predicted octanol–water partition coefficient (Wildman–Crippen LogP) is 5.04. The molecule has 0 radical (unpaired) electrons. The molecule has 136 valence electrons. The number of para-hydroxylation sites is 1. The van der Waals surface area contributed by atoms with Gasteiger partial charge in [0.1, 0.15) is 5.82 Å². The maximum absolute atomic E-state index is 13.5. The largest absolute Gasteiger partial charge is 0.493 e. The molecule has 3 rings (SSSR count). The predicted molar refractivity (Wildman–Crippen MR) is 94.4 cm³/mol. The third-order valence-corrected chi connectivity index (χ3v) is 4.11. The molecule has 0 amide bonds. The van der Waals surface area contributed by atoms with Gasteiger partial charge >= 0.3 is 6.18 Å². The molecule has 1 aromatic heterocycles. The lowest BCUT2D eigenvalue weighted by Gasteiger charge is -2.22. The maximum atomic E-state index is 13.5. The summed E-state index contributed by atoms with van der Waals surface area (Å²) < 4.78 is 50.9. The molecule has 7 heteroatoms. The lowest BCUT2D eigenvalue weighted by molar-refractivity contribution is -0.136. The van der Waals surface area contributed by atoms with Crippen molar-refractivity contribution in [3.05, 3.63) is 54.1 Å². The van der Waals surface area contributed by atoms with E-state index in [1.54, 1.807) is 48.3 Å². The van der Waals surface area contributed by atoms with Crippen LogP contribution < -0.4 is 14.4 Å². The van der Waals surface area contributed by atoms with E-state index >= 15 is 0 Å². The second-order valence-electron chi connectivity index (χ2n) is 5.64. The molecule has 26 heavy (non-hydrogen) atoms. The standard InChI is InChI=1S/C19H17F3N2O2/c1-24(12-8-9-16(25-2)17(10-12)26-3)18-11-14(19(20,21)22)13-6-4-5-7-15(13)23-18/h4-11H,1-3H3. The molecule has 4 nitrogen and oxygen atoms in total. The summed E-state index contributed by atoms with van der Waals surface area (Å²) in [5, 5.41) is 0.0736. The van der Waals surface area contributed by atoms with Gasteiger partial charge in [-0.25, -0.2) is 4.98 Å². The number of alkyl halides is 3. The van der Waals surface area contributed by atoms with E-state index in [1.807, 2.05) is 0 Å². The summed E-state index contributed by atoms with van der Waals surface area (Å²) >= 11 is 0. The van der Waals surface area contributed by atoms with Crippen LogP contribution in [0.2, 0.25) is 0 Å². The molecule has 1 heterocycles. The lowest BCUT2D eigenvalue weighted by Crippen LogP contribution is -2.14. The molecule has 0 fully saturated rings. The molecule has 0 aliphatic carbocycles. The number of aromatic nitrogens is 1. The number of pyridine rings is 1. The van der Waals surface area contributed by atoms with E-state index in [0.29, 0.717) is 17.2 Å². The Kier molecular flexibility index (Phi) is 4.63. The molecule has 0 aliphatic rings. The maximum Gasteiger partial charge on any atom is 0.417 e. The molecule has 0 aliphatic heterocycles. The van der Waals surface area contributed by atoms with Crippen molar-refractivity contribution >= 4 is 22.4 Å². The van der Waals surface area contributed by atoms with Crippen molar-refractivity contribution < 1.29 is 22.6 Å². The second-order valence-corrected chi connectivity index (χ2v) is 5.64. The molecule has 0 unspecified atom stereocenters. The van der Waals surface area contributed by atoms with Gasteiger partial charge in [-0.2, -0.15) is 13.2 Å². The van der Waals surface area contributed by atoms with Crippen LogP contribution in [0.3, 0.4) is 0 Å². The molecule has 0 bridgehead atoms. The van der Waals surface area contributed by atoms with E-state index in [1.165, 1.54) is 20.3 Å². The zero-order valence-corrected chi connectivity index (χ0v) is 14.5. The Morgan fingerprint density at radius 2 is 1.62 bits per heavy atom. The van der Waals surface area contributed by atoms with Crippen molar-refractivity contribution in [2.24, 2.45) is 0 Å². The highest BCUT2D eigenvalue weighted by Gasteiger charge is 2.33. The molecular weight excluding hydrogens is 345 g/mol. The van der Waals surface area contributed by atoms with Gasteiger partial charge in [-0.05, 0) is 24.3 Å². The molecule has 2 aromatic carbocycles. The minimum absolute atomic E-state index is 0.0736. The molecule has 0 N–H and O–H groups in total. The zero-order chi connectivity index (χ0) is 18.9. The van der Waals surface area contributed by atoms with Gasteiger partial charge in [0.15, 0.2) is 11.5 Å². The summed E-state index contributed by atoms with van der Waals surface area (Å²) in [7, 11) is 4.66.